The molecule has 2 aliphatic rings. The Bertz CT molecular complexity index is 792. The summed E-state index contributed by atoms with van der Waals surface area (Å²) in [6.45, 7) is 7.04. The summed E-state index contributed by atoms with van der Waals surface area (Å²) in [5.74, 6) is 0. The van der Waals surface area contributed by atoms with E-state index in [1.54, 1.807) is 19.1 Å². The fraction of sp³-hybridized carbons (Fsp3) is 0.667. The number of ether oxygens (including phenoxy) is 1. The zero-order chi connectivity index (χ0) is 21.1. The molecule has 2 N–H and O–H groups in total. The molecule has 162 valence electrons. The number of rotatable bonds is 5. The molecule has 0 bridgehead atoms. The molecule has 1 saturated heterocycles. The molecule has 8 heteroatoms. The first-order valence-corrected chi connectivity index (χ1v) is 11.8. The Balaban J connectivity index is 0.000000221. The zero-order valence-electron chi connectivity index (χ0n) is 17.4. The zero-order valence-corrected chi connectivity index (χ0v) is 18.2. The van der Waals surface area contributed by atoms with Crippen LogP contribution in [0.2, 0.25) is 0 Å². The lowest BCUT2D eigenvalue weighted by molar-refractivity contribution is 0.0253. The second kappa shape index (κ2) is 12.2. The van der Waals surface area contributed by atoms with E-state index in [4.69, 9.17) is 9.29 Å². The van der Waals surface area contributed by atoms with Crippen LogP contribution in [0.5, 0.6) is 0 Å². The molecule has 0 amide bonds. The van der Waals surface area contributed by atoms with Crippen LogP contribution >= 0.6 is 0 Å². The predicted octanol–water partition coefficient (Wildman–Crippen LogP) is 3.42. The van der Waals surface area contributed by atoms with Crippen LogP contribution in [0.3, 0.4) is 0 Å². The van der Waals surface area contributed by atoms with Crippen molar-refractivity contribution in [3.63, 3.8) is 0 Å². The van der Waals surface area contributed by atoms with Crippen molar-refractivity contribution in [3.8, 4) is 0 Å². The number of hydrogen-bond acceptors (Lipinski definition) is 6. The summed E-state index contributed by atoms with van der Waals surface area (Å²) in [6.07, 6.45) is 7.74. The number of nitrogens with zero attached hydrogens (tertiary/aromatic N) is 2. The highest BCUT2D eigenvalue weighted by atomic mass is 32.2. The first-order valence-electron chi connectivity index (χ1n) is 10.3. The van der Waals surface area contributed by atoms with Gasteiger partial charge in [-0.15, -0.1) is 0 Å². The van der Waals surface area contributed by atoms with Gasteiger partial charge in [-0.05, 0) is 44.7 Å². The molecule has 1 aliphatic heterocycles. The molecule has 1 aromatic rings. The molecule has 1 aromatic carbocycles. The van der Waals surface area contributed by atoms with Gasteiger partial charge in [0.25, 0.3) is 10.1 Å². The van der Waals surface area contributed by atoms with Crippen LogP contribution in [0.25, 0.3) is 0 Å². The standard InChI is InChI=1S/C13H23N3O.C8H10O3S/c1-2-4-12(5-3-1)16-11-15-7-6-13-10-14-8-9-17-13;1-6-3-4-8(7(2)5-6)12(9,10)11/h12-14H,1-10H2;3-5H,1-2H3,(H,9,10,11). The quantitative estimate of drug-likeness (QED) is 0.558. The van der Waals surface area contributed by atoms with Gasteiger partial charge in [0.2, 0.25) is 0 Å². The van der Waals surface area contributed by atoms with E-state index in [0.717, 1.165) is 38.2 Å². The Labute approximate surface area is 174 Å². The number of aliphatic imine (C=N–C) groups is 2. The summed E-state index contributed by atoms with van der Waals surface area (Å²) < 4.78 is 35.8. The lowest BCUT2D eigenvalue weighted by atomic mass is 9.96. The summed E-state index contributed by atoms with van der Waals surface area (Å²) in [7, 11) is -4.05. The van der Waals surface area contributed by atoms with E-state index in [-0.39, 0.29) is 4.90 Å². The molecule has 1 atom stereocenters. The van der Waals surface area contributed by atoms with E-state index in [2.05, 4.69) is 21.3 Å². The smallest absolute Gasteiger partial charge is 0.294 e. The largest absolute Gasteiger partial charge is 0.376 e. The monoisotopic (exact) mass is 423 g/mol. The van der Waals surface area contributed by atoms with Gasteiger partial charge in [-0.2, -0.15) is 8.42 Å². The van der Waals surface area contributed by atoms with Gasteiger partial charge in [-0.1, -0.05) is 37.0 Å². The molecule has 29 heavy (non-hydrogen) atoms. The Kier molecular flexibility index (Phi) is 9.97. The fourth-order valence-corrected chi connectivity index (χ4v) is 4.19. The molecule has 3 rings (SSSR count). The number of morpholine rings is 1. The van der Waals surface area contributed by atoms with E-state index < -0.39 is 10.1 Å². The van der Waals surface area contributed by atoms with Crippen molar-refractivity contribution in [1.82, 2.24) is 5.32 Å². The lowest BCUT2D eigenvalue weighted by Gasteiger charge is -2.22. The van der Waals surface area contributed by atoms with Crippen molar-refractivity contribution in [2.75, 3.05) is 26.2 Å². The molecule has 0 radical (unpaired) electrons. The molecule has 0 aromatic heterocycles. The molecule has 0 spiro atoms. The molecule has 1 unspecified atom stereocenters. The Morgan fingerprint density at radius 2 is 2.00 bits per heavy atom. The van der Waals surface area contributed by atoms with Gasteiger partial charge in [0.1, 0.15) is 0 Å². The third-order valence-corrected chi connectivity index (χ3v) is 6.08. The molecular formula is C21H33N3O4S. The molecule has 2 fully saturated rings. The average molecular weight is 424 g/mol. The van der Waals surface area contributed by atoms with E-state index in [0.29, 0.717) is 17.7 Å². The minimum atomic E-state index is -4.05. The van der Waals surface area contributed by atoms with Crippen LogP contribution < -0.4 is 5.32 Å². The minimum Gasteiger partial charge on any atom is -0.376 e. The van der Waals surface area contributed by atoms with Crippen molar-refractivity contribution >= 4 is 16.1 Å². The first kappa shape index (κ1) is 23.7. The molecule has 1 aliphatic carbocycles. The Morgan fingerprint density at radius 1 is 1.24 bits per heavy atom. The summed E-state index contributed by atoms with van der Waals surface area (Å²) in [4.78, 5) is 8.61. The maximum atomic E-state index is 10.7. The summed E-state index contributed by atoms with van der Waals surface area (Å²) in [5.41, 5.74) is 1.54. The van der Waals surface area contributed by atoms with Gasteiger partial charge in [0, 0.05) is 13.1 Å². The number of hydrogen-bond donors (Lipinski definition) is 2. The normalized spacial score (nSPS) is 20.2. The molecular weight excluding hydrogens is 390 g/mol. The lowest BCUT2D eigenvalue weighted by Crippen LogP contribution is -2.38. The third kappa shape index (κ3) is 9.19. The van der Waals surface area contributed by atoms with Gasteiger partial charge < -0.3 is 10.1 Å². The van der Waals surface area contributed by atoms with Crippen LogP contribution in [0.1, 0.15) is 49.7 Å². The maximum Gasteiger partial charge on any atom is 0.294 e. The SMILES string of the molecule is C(=NCCC1CNCCO1)=NC1CCCCC1.Cc1ccc(S(=O)(=O)O)c(C)c1. The fourth-order valence-electron chi connectivity index (χ4n) is 3.49. The van der Waals surface area contributed by atoms with Crippen molar-refractivity contribution in [3.05, 3.63) is 29.3 Å². The molecule has 1 saturated carbocycles. The Morgan fingerprint density at radius 3 is 2.62 bits per heavy atom. The second-order valence-electron chi connectivity index (χ2n) is 7.63. The first-order chi connectivity index (χ1) is 13.9. The van der Waals surface area contributed by atoms with E-state index >= 15 is 0 Å². The van der Waals surface area contributed by atoms with E-state index in [9.17, 15) is 8.42 Å². The summed E-state index contributed by atoms with van der Waals surface area (Å²) >= 11 is 0. The average Bonchev–Trinajstić information content (AvgIpc) is 2.69. The van der Waals surface area contributed by atoms with Crippen LogP contribution in [-0.2, 0) is 14.9 Å². The Hall–Kier alpha value is -1.57. The highest BCUT2D eigenvalue weighted by Gasteiger charge is 2.13. The van der Waals surface area contributed by atoms with Gasteiger partial charge in [0.05, 0.1) is 36.2 Å². The van der Waals surface area contributed by atoms with E-state index in [1.165, 1.54) is 38.2 Å². The highest BCUT2D eigenvalue weighted by Crippen LogP contribution is 2.19. The topological polar surface area (TPSA) is 100 Å². The number of aryl methyl sites for hydroxylation is 2. The summed E-state index contributed by atoms with van der Waals surface area (Å²) in [5, 5.41) is 3.32. The van der Waals surface area contributed by atoms with E-state index in [1.807, 2.05) is 6.92 Å². The van der Waals surface area contributed by atoms with Crippen molar-refractivity contribution in [1.29, 1.82) is 0 Å². The summed E-state index contributed by atoms with van der Waals surface area (Å²) in [6, 6.07) is 8.12. The number of benzene rings is 1. The molecule has 7 nitrogen and oxygen atoms in total. The highest BCUT2D eigenvalue weighted by molar-refractivity contribution is 7.85. The van der Waals surface area contributed by atoms with Crippen LogP contribution in [0.4, 0.5) is 0 Å². The van der Waals surface area contributed by atoms with Crippen LogP contribution in [0.15, 0.2) is 33.1 Å². The van der Waals surface area contributed by atoms with Crippen molar-refractivity contribution < 1.29 is 17.7 Å². The molecule has 1 heterocycles. The second-order valence-corrected chi connectivity index (χ2v) is 9.02. The minimum absolute atomic E-state index is 0.0203. The van der Waals surface area contributed by atoms with Gasteiger partial charge in [-0.3, -0.25) is 4.55 Å². The van der Waals surface area contributed by atoms with Crippen LogP contribution in [-0.4, -0.2) is 57.4 Å². The number of nitrogens with one attached hydrogen (secondary N) is 1. The van der Waals surface area contributed by atoms with Gasteiger partial charge in [0.15, 0.2) is 0 Å². The van der Waals surface area contributed by atoms with Gasteiger partial charge >= 0.3 is 0 Å². The van der Waals surface area contributed by atoms with Crippen molar-refractivity contribution in [2.45, 2.75) is 69.4 Å². The van der Waals surface area contributed by atoms with Gasteiger partial charge in [-0.25, -0.2) is 9.98 Å². The van der Waals surface area contributed by atoms with Crippen LogP contribution in [0, 0.1) is 13.8 Å². The van der Waals surface area contributed by atoms with Crippen molar-refractivity contribution in [2.24, 2.45) is 9.98 Å². The third-order valence-electron chi connectivity index (χ3n) is 5.06. The predicted molar refractivity (Wildman–Crippen MR) is 115 cm³/mol. The maximum absolute atomic E-state index is 10.7.